The van der Waals surface area contributed by atoms with Crippen molar-refractivity contribution in [2.24, 2.45) is 5.14 Å². The molecular formula is C14H13N3O4S2. The molecule has 2 amide bonds. The van der Waals surface area contributed by atoms with Gasteiger partial charge in [-0.05, 0) is 23.1 Å². The summed E-state index contributed by atoms with van der Waals surface area (Å²) in [7, 11) is -3.98. The number of fused-ring (bicyclic) bond motifs is 1. The van der Waals surface area contributed by atoms with E-state index in [9.17, 15) is 18.0 Å². The number of carbonyl (C=O) groups excluding carboxylic acids is 2. The highest BCUT2D eigenvalue weighted by molar-refractivity contribution is 7.89. The lowest BCUT2D eigenvalue weighted by Gasteiger charge is -2.26. The topological polar surface area (TPSA) is 118 Å². The second-order valence-electron chi connectivity index (χ2n) is 5.02. The van der Waals surface area contributed by atoms with Gasteiger partial charge in [0, 0.05) is 5.69 Å². The fraction of sp³-hybridized carbons (Fsp3) is 0.143. The number of hydrogen-bond donors (Lipinski definition) is 3. The number of rotatable bonds is 3. The largest absolute Gasteiger partial charge is 0.344 e. The molecule has 120 valence electrons. The van der Waals surface area contributed by atoms with Crippen LogP contribution in [-0.4, -0.2) is 20.2 Å². The summed E-state index contributed by atoms with van der Waals surface area (Å²) in [6.45, 7) is 0. The first kappa shape index (κ1) is 15.7. The molecular weight excluding hydrogens is 338 g/mol. The number of nitrogens with one attached hydrogen (secondary N) is 2. The first-order valence-corrected chi connectivity index (χ1v) is 9.09. The van der Waals surface area contributed by atoms with Crippen molar-refractivity contribution in [2.75, 3.05) is 5.32 Å². The molecule has 0 spiro atoms. The van der Waals surface area contributed by atoms with Gasteiger partial charge in [0.2, 0.25) is 15.9 Å². The molecule has 0 fully saturated rings. The van der Waals surface area contributed by atoms with Crippen LogP contribution in [0.3, 0.4) is 0 Å². The number of para-hydroxylation sites is 1. The summed E-state index contributed by atoms with van der Waals surface area (Å²) in [4.78, 5) is 24.0. The molecule has 0 bridgehead atoms. The minimum atomic E-state index is -3.98. The fourth-order valence-electron chi connectivity index (χ4n) is 2.45. The molecule has 1 aromatic heterocycles. The maximum absolute atomic E-state index is 12.4. The Hall–Kier alpha value is -2.23. The first-order valence-electron chi connectivity index (χ1n) is 6.66. The van der Waals surface area contributed by atoms with E-state index < -0.39 is 22.0 Å². The van der Waals surface area contributed by atoms with Gasteiger partial charge in [-0.3, -0.25) is 9.59 Å². The number of hydrogen-bond acceptors (Lipinski definition) is 5. The average molecular weight is 351 g/mol. The molecule has 2 aromatic rings. The lowest BCUT2D eigenvalue weighted by Crippen LogP contribution is -2.35. The molecule has 4 N–H and O–H groups in total. The Bertz CT molecular complexity index is 889. The van der Waals surface area contributed by atoms with Gasteiger partial charge in [0.25, 0.3) is 5.91 Å². The van der Waals surface area contributed by atoms with Crippen LogP contribution in [0.5, 0.6) is 0 Å². The van der Waals surface area contributed by atoms with E-state index in [1.165, 1.54) is 11.4 Å². The van der Waals surface area contributed by atoms with E-state index in [1.807, 2.05) is 0 Å². The average Bonchev–Trinajstić information content (AvgIpc) is 2.96. The number of thiophene rings is 1. The van der Waals surface area contributed by atoms with Crippen molar-refractivity contribution in [1.82, 2.24) is 5.32 Å². The predicted octanol–water partition coefficient (Wildman–Crippen LogP) is 1.21. The molecule has 1 aromatic carbocycles. The standard InChI is InChI=1S/C14H13N3O4S2/c15-23(20,21)11-5-6-22-13(11)14(19)17-10-7-12(18)16-9-4-2-1-3-8(9)10/h1-6,10H,7H2,(H,16,18)(H,17,19)(H2,15,20,21)/t10-/m0/s1. The van der Waals surface area contributed by atoms with Crippen LogP contribution in [0.2, 0.25) is 0 Å². The van der Waals surface area contributed by atoms with Gasteiger partial charge in [0.15, 0.2) is 0 Å². The number of amides is 2. The molecule has 0 unspecified atom stereocenters. The Labute approximate surface area is 136 Å². The van der Waals surface area contributed by atoms with E-state index in [1.54, 1.807) is 24.3 Å². The van der Waals surface area contributed by atoms with Crippen molar-refractivity contribution in [3.63, 3.8) is 0 Å². The lowest BCUT2D eigenvalue weighted by molar-refractivity contribution is -0.116. The second-order valence-corrected chi connectivity index (χ2v) is 7.47. The summed E-state index contributed by atoms with van der Waals surface area (Å²) in [6, 6.07) is 7.89. The van der Waals surface area contributed by atoms with Gasteiger partial charge in [-0.25, -0.2) is 13.6 Å². The summed E-state index contributed by atoms with van der Waals surface area (Å²) in [6.07, 6.45) is 0.0822. The lowest BCUT2D eigenvalue weighted by atomic mass is 9.97. The molecule has 0 saturated heterocycles. The van der Waals surface area contributed by atoms with Gasteiger partial charge in [-0.2, -0.15) is 0 Å². The van der Waals surface area contributed by atoms with E-state index in [2.05, 4.69) is 10.6 Å². The summed E-state index contributed by atoms with van der Waals surface area (Å²) >= 11 is 0.983. The molecule has 0 saturated carbocycles. The Morgan fingerprint density at radius 3 is 2.78 bits per heavy atom. The van der Waals surface area contributed by atoms with Crippen LogP contribution in [0.4, 0.5) is 5.69 Å². The van der Waals surface area contributed by atoms with E-state index >= 15 is 0 Å². The normalized spacial score (nSPS) is 17.3. The van der Waals surface area contributed by atoms with E-state index in [0.717, 1.165) is 16.9 Å². The summed E-state index contributed by atoms with van der Waals surface area (Å²) in [5, 5.41) is 12.0. The number of carbonyl (C=O) groups is 2. The van der Waals surface area contributed by atoms with Gasteiger partial charge in [0.1, 0.15) is 9.77 Å². The van der Waals surface area contributed by atoms with E-state index in [4.69, 9.17) is 5.14 Å². The number of nitrogens with two attached hydrogens (primary N) is 1. The van der Waals surface area contributed by atoms with Crippen LogP contribution in [0.25, 0.3) is 0 Å². The highest BCUT2D eigenvalue weighted by atomic mass is 32.2. The number of primary sulfonamides is 1. The maximum atomic E-state index is 12.4. The van der Waals surface area contributed by atoms with Gasteiger partial charge < -0.3 is 10.6 Å². The van der Waals surface area contributed by atoms with E-state index in [-0.39, 0.29) is 22.1 Å². The molecule has 1 atom stereocenters. The van der Waals surface area contributed by atoms with Crippen molar-refractivity contribution < 1.29 is 18.0 Å². The van der Waals surface area contributed by atoms with Gasteiger partial charge in [-0.1, -0.05) is 18.2 Å². The monoisotopic (exact) mass is 351 g/mol. The van der Waals surface area contributed by atoms with Crippen LogP contribution in [0.15, 0.2) is 40.6 Å². The number of sulfonamides is 1. The zero-order valence-corrected chi connectivity index (χ0v) is 13.4. The zero-order chi connectivity index (χ0) is 16.6. The molecule has 7 nitrogen and oxygen atoms in total. The van der Waals surface area contributed by atoms with Crippen LogP contribution < -0.4 is 15.8 Å². The van der Waals surface area contributed by atoms with Crippen molar-refractivity contribution in [2.45, 2.75) is 17.4 Å². The van der Waals surface area contributed by atoms with Gasteiger partial charge >= 0.3 is 0 Å². The minimum absolute atomic E-state index is 0.0102. The van der Waals surface area contributed by atoms with Gasteiger partial charge in [0.05, 0.1) is 12.5 Å². The van der Waals surface area contributed by atoms with Crippen LogP contribution >= 0.6 is 11.3 Å². The second kappa shape index (κ2) is 5.76. The highest BCUT2D eigenvalue weighted by Gasteiger charge is 2.28. The molecule has 1 aliphatic heterocycles. The van der Waals surface area contributed by atoms with Crippen LogP contribution in [0, 0.1) is 0 Å². The molecule has 0 aliphatic carbocycles. The Morgan fingerprint density at radius 1 is 1.30 bits per heavy atom. The smallest absolute Gasteiger partial charge is 0.263 e. The Kier molecular flexibility index (Phi) is 3.92. The fourth-order valence-corrected chi connectivity index (χ4v) is 4.33. The molecule has 0 radical (unpaired) electrons. The third-order valence-electron chi connectivity index (χ3n) is 3.45. The minimum Gasteiger partial charge on any atom is -0.344 e. The van der Waals surface area contributed by atoms with Crippen molar-refractivity contribution in [3.05, 3.63) is 46.2 Å². The highest BCUT2D eigenvalue weighted by Crippen LogP contribution is 2.31. The molecule has 9 heteroatoms. The van der Waals surface area contributed by atoms with Crippen molar-refractivity contribution >= 4 is 38.9 Å². The summed E-state index contributed by atoms with van der Waals surface area (Å²) in [5.41, 5.74) is 1.40. The molecule has 23 heavy (non-hydrogen) atoms. The van der Waals surface area contributed by atoms with Crippen LogP contribution in [-0.2, 0) is 14.8 Å². The third-order valence-corrected chi connectivity index (χ3v) is 5.44. The quantitative estimate of drug-likeness (QED) is 0.770. The number of benzene rings is 1. The van der Waals surface area contributed by atoms with Gasteiger partial charge in [-0.15, -0.1) is 11.3 Å². The van der Waals surface area contributed by atoms with Crippen molar-refractivity contribution in [3.8, 4) is 0 Å². The Morgan fingerprint density at radius 2 is 2.04 bits per heavy atom. The first-order chi connectivity index (χ1) is 10.9. The molecule has 3 rings (SSSR count). The zero-order valence-electron chi connectivity index (χ0n) is 11.8. The molecule has 2 heterocycles. The van der Waals surface area contributed by atoms with Crippen molar-refractivity contribution in [1.29, 1.82) is 0 Å². The third kappa shape index (κ3) is 3.11. The number of anilines is 1. The van der Waals surface area contributed by atoms with Crippen LogP contribution in [0.1, 0.15) is 27.7 Å². The van der Waals surface area contributed by atoms with E-state index in [0.29, 0.717) is 5.69 Å². The summed E-state index contributed by atoms with van der Waals surface area (Å²) < 4.78 is 23.0. The SMILES string of the molecule is NS(=O)(=O)c1ccsc1C(=O)N[C@H]1CC(=O)Nc2ccccc21. The predicted molar refractivity (Wildman–Crippen MR) is 85.6 cm³/mol. The molecule has 1 aliphatic rings. The maximum Gasteiger partial charge on any atom is 0.263 e. The Balaban J connectivity index is 1.90. The summed E-state index contributed by atoms with van der Waals surface area (Å²) in [5.74, 6) is -0.787.